The fourth-order valence-corrected chi connectivity index (χ4v) is 1.80. The van der Waals surface area contributed by atoms with Gasteiger partial charge >= 0.3 is 0 Å². The average Bonchev–Trinajstić information content (AvgIpc) is 2.45. The van der Waals surface area contributed by atoms with Crippen LogP contribution in [0, 0.1) is 0 Å². The number of hydrogen-bond acceptors (Lipinski definition) is 4. The molecule has 0 aliphatic carbocycles. The van der Waals surface area contributed by atoms with E-state index in [0.717, 1.165) is 5.33 Å². The topological polar surface area (TPSA) is 69.6 Å². The summed E-state index contributed by atoms with van der Waals surface area (Å²) in [5, 5.41) is 1.18. The molecular weight excluding hydrogens is 269 g/mol. The zero-order valence-electron chi connectivity index (χ0n) is 7.11. The molecule has 0 amide bonds. The predicted molar refractivity (Wildman–Crippen MR) is 58.5 cm³/mol. The summed E-state index contributed by atoms with van der Waals surface area (Å²) in [5.74, 6) is 0.227. The van der Waals surface area contributed by atoms with Crippen molar-refractivity contribution in [2.75, 3.05) is 11.1 Å². The molecule has 0 fully saturated rings. The van der Waals surface area contributed by atoms with Crippen molar-refractivity contribution in [2.24, 2.45) is 0 Å². The smallest absolute Gasteiger partial charge is 0.222 e. The van der Waals surface area contributed by atoms with Gasteiger partial charge in [0.1, 0.15) is 5.52 Å². The number of aryl methyl sites for hydroxylation is 1. The van der Waals surface area contributed by atoms with Crippen molar-refractivity contribution >= 4 is 44.6 Å². The van der Waals surface area contributed by atoms with Crippen molar-refractivity contribution < 1.29 is 0 Å². The van der Waals surface area contributed by atoms with Gasteiger partial charge in [-0.3, -0.25) is 4.57 Å². The lowest BCUT2D eigenvalue weighted by atomic mass is 10.5. The lowest BCUT2D eigenvalue weighted by Gasteiger charge is -2.00. The van der Waals surface area contributed by atoms with Gasteiger partial charge in [-0.2, -0.15) is 4.98 Å². The van der Waals surface area contributed by atoms with Crippen LogP contribution in [0.4, 0.5) is 5.95 Å². The molecule has 5 nitrogen and oxygen atoms in total. The van der Waals surface area contributed by atoms with Gasteiger partial charge in [0.05, 0.1) is 6.20 Å². The summed E-state index contributed by atoms with van der Waals surface area (Å²) in [7, 11) is 0. The highest BCUT2D eigenvalue weighted by Gasteiger charge is 2.09. The molecule has 2 aromatic heterocycles. The third-order valence-electron chi connectivity index (χ3n) is 1.77. The Balaban J connectivity index is 2.66. The number of aromatic nitrogens is 4. The Morgan fingerprint density at radius 1 is 1.50 bits per heavy atom. The zero-order chi connectivity index (χ0) is 10.1. The molecule has 14 heavy (non-hydrogen) atoms. The Morgan fingerprint density at radius 3 is 3.00 bits per heavy atom. The van der Waals surface area contributed by atoms with E-state index >= 15 is 0 Å². The van der Waals surface area contributed by atoms with E-state index in [2.05, 4.69) is 30.9 Å². The van der Waals surface area contributed by atoms with Gasteiger partial charge in [-0.1, -0.05) is 15.9 Å². The summed E-state index contributed by atoms with van der Waals surface area (Å²) < 4.78 is 1.78. The monoisotopic (exact) mass is 275 g/mol. The molecule has 74 valence electrons. The zero-order valence-corrected chi connectivity index (χ0v) is 9.46. The second kappa shape index (κ2) is 3.70. The van der Waals surface area contributed by atoms with Crippen molar-refractivity contribution in [2.45, 2.75) is 6.54 Å². The van der Waals surface area contributed by atoms with Crippen LogP contribution in [0.5, 0.6) is 0 Å². The van der Waals surface area contributed by atoms with E-state index in [1.54, 1.807) is 10.8 Å². The van der Waals surface area contributed by atoms with Gasteiger partial charge in [-0.05, 0) is 11.6 Å². The number of imidazole rings is 1. The highest BCUT2D eigenvalue weighted by atomic mass is 79.9. The van der Waals surface area contributed by atoms with E-state index in [0.29, 0.717) is 23.0 Å². The molecular formula is C7H7BrClN5. The van der Waals surface area contributed by atoms with Gasteiger partial charge in [0.15, 0.2) is 5.65 Å². The molecule has 2 N–H and O–H groups in total. The first-order valence-corrected chi connectivity index (χ1v) is 5.42. The van der Waals surface area contributed by atoms with Crippen molar-refractivity contribution in [3.05, 3.63) is 11.5 Å². The quantitative estimate of drug-likeness (QED) is 0.666. The number of anilines is 1. The normalized spacial score (nSPS) is 11.0. The van der Waals surface area contributed by atoms with Crippen molar-refractivity contribution in [1.29, 1.82) is 0 Å². The third kappa shape index (κ3) is 1.55. The number of nitrogens with two attached hydrogens (primary N) is 1. The van der Waals surface area contributed by atoms with E-state index < -0.39 is 0 Å². The van der Waals surface area contributed by atoms with Gasteiger partial charge in [0.2, 0.25) is 11.2 Å². The molecule has 0 aliphatic rings. The molecule has 0 bridgehead atoms. The Bertz CT molecular complexity index is 468. The molecule has 2 rings (SSSR count). The van der Waals surface area contributed by atoms with E-state index in [1.165, 1.54) is 0 Å². The maximum atomic E-state index is 5.92. The van der Waals surface area contributed by atoms with Crippen molar-refractivity contribution in [3.8, 4) is 0 Å². The Kier molecular flexibility index (Phi) is 2.56. The van der Waals surface area contributed by atoms with Gasteiger partial charge in [0, 0.05) is 11.9 Å². The van der Waals surface area contributed by atoms with Crippen LogP contribution in [0.2, 0.25) is 5.28 Å². The summed E-state index contributed by atoms with van der Waals surface area (Å²) >= 11 is 9.25. The molecule has 0 atom stereocenters. The molecule has 0 saturated carbocycles. The lowest BCUT2D eigenvalue weighted by Crippen LogP contribution is -2.02. The third-order valence-corrected chi connectivity index (χ3v) is 2.41. The van der Waals surface area contributed by atoms with Crippen LogP contribution >= 0.6 is 27.5 Å². The van der Waals surface area contributed by atoms with Crippen LogP contribution in [0.25, 0.3) is 11.2 Å². The summed E-state index contributed by atoms with van der Waals surface area (Å²) in [6.07, 6.45) is 1.56. The van der Waals surface area contributed by atoms with Crippen molar-refractivity contribution in [3.63, 3.8) is 0 Å². The number of fused-ring (bicyclic) bond motifs is 1. The molecule has 0 saturated heterocycles. The minimum atomic E-state index is 0.227. The fourth-order valence-electron chi connectivity index (χ4n) is 1.19. The summed E-state index contributed by atoms with van der Waals surface area (Å²) in [6, 6.07) is 0. The first-order chi connectivity index (χ1) is 6.72. The summed E-state index contributed by atoms with van der Waals surface area (Å²) in [4.78, 5) is 12.0. The van der Waals surface area contributed by atoms with E-state index in [9.17, 15) is 0 Å². The summed E-state index contributed by atoms with van der Waals surface area (Å²) in [5.41, 5.74) is 6.81. The van der Waals surface area contributed by atoms with Crippen LogP contribution in [0.15, 0.2) is 6.20 Å². The molecule has 0 aromatic carbocycles. The molecule has 0 unspecified atom stereocenters. The first-order valence-electron chi connectivity index (χ1n) is 3.92. The fraction of sp³-hybridized carbons (Fsp3) is 0.286. The van der Waals surface area contributed by atoms with Crippen LogP contribution in [0.1, 0.15) is 0 Å². The minimum Gasteiger partial charge on any atom is -0.368 e. The molecule has 7 heteroatoms. The van der Waals surface area contributed by atoms with Gasteiger partial charge in [-0.15, -0.1) is 0 Å². The maximum absolute atomic E-state index is 5.92. The second-order valence-corrected chi connectivity index (χ2v) is 3.79. The van der Waals surface area contributed by atoms with Gasteiger partial charge in [-0.25, -0.2) is 9.97 Å². The Hall–Kier alpha value is -0.880. The number of hydrogen-bond donors (Lipinski definition) is 1. The lowest BCUT2D eigenvalue weighted by molar-refractivity contribution is 0.792. The van der Waals surface area contributed by atoms with E-state index in [1.807, 2.05) is 0 Å². The standard InChI is InChI=1S/C7H7BrClN5/c8-1-2-14-5-4(12-6(14)9)3-11-7(10)13-5/h3H,1-2H2,(H2,10,11,13). The van der Waals surface area contributed by atoms with Gasteiger partial charge < -0.3 is 5.73 Å². The highest BCUT2D eigenvalue weighted by Crippen LogP contribution is 2.17. The average molecular weight is 277 g/mol. The minimum absolute atomic E-state index is 0.227. The number of rotatable bonds is 2. The van der Waals surface area contributed by atoms with Gasteiger partial charge in [0.25, 0.3) is 0 Å². The van der Waals surface area contributed by atoms with Crippen LogP contribution in [-0.4, -0.2) is 24.8 Å². The van der Waals surface area contributed by atoms with Crippen LogP contribution in [0.3, 0.4) is 0 Å². The van der Waals surface area contributed by atoms with Crippen LogP contribution in [-0.2, 0) is 6.54 Å². The Labute approximate surface area is 93.4 Å². The molecule has 0 aliphatic heterocycles. The molecule has 2 aromatic rings. The molecule has 2 heterocycles. The molecule has 0 spiro atoms. The first kappa shape index (κ1) is 9.67. The Morgan fingerprint density at radius 2 is 2.29 bits per heavy atom. The highest BCUT2D eigenvalue weighted by molar-refractivity contribution is 9.09. The largest absolute Gasteiger partial charge is 0.368 e. The molecule has 0 radical (unpaired) electrons. The van der Waals surface area contributed by atoms with Crippen LogP contribution < -0.4 is 5.73 Å². The van der Waals surface area contributed by atoms with E-state index in [4.69, 9.17) is 17.3 Å². The van der Waals surface area contributed by atoms with E-state index in [-0.39, 0.29) is 5.95 Å². The number of nitrogen functional groups attached to an aromatic ring is 1. The second-order valence-electron chi connectivity index (χ2n) is 2.66. The maximum Gasteiger partial charge on any atom is 0.222 e. The number of nitrogens with zero attached hydrogens (tertiary/aromatic N) is 4. The number of halogens is 2. The number of alkyl halides is 1. The predicted octanol–water partition coefficient (Wildman–Crippen LogP) is 1.46. The summed E-state index contributed by atoms with van der Waals surface area (Å²) in [6.45, 7) is 0.700. The van der Waals surface area contributed by atoms with Crippen molar-refractivity contribution in [1.82, 2.24) is 19.5 Å². The SMILES string of the molecule is Nc1ncc2nc(Cl)n(CCBr)c2n1.